The van der Waals surface area contributed by atoms with Crippen LogP contribution < -0.4 is 5.32 Å². The summed E-state index contributed by atoms with van der Waals surface area (Å²) < 4.78 is 0. The molecule has 0 radical (unpaired) electrons. The first kappa shape index (κ1) is 16.5. The number of benzene rings is 1. The summed E-state index contributed by atoms with van der Waals surface area (Å²) in [5.74, 6) is 0. The highest BCUT2D eigenvalue weighted by Gasteiger charge is 2.37. The number of nitrogens with zero attached hydrogens (tertiary/aromatic N) is 1. The summed E-state index contributed by atoms with van der Waals surface area (Å²) in [5, 5.41) is 3.79. The second-order valence-electron chi connectivity index (χ2n) is 7.63. The first-order chi connectivity index (χ1) is 9.91. The Hall–Kier alpha value is -0.860. The van der Waals surface area contributed by atoms with E-state index in [1.807, 2.05) is 0 Å². The predicted octanol–water partition coefficient (Wildman–Crippen LogP) is 3.72. The highest BCUT2D eigenvalue weighted by molar-refractivity contribution is 5.16. The van der Waals surface area contributed by atoms with Gasteiger partial charge < -0.3 is 5.32 Å². The van der Waals surface area contributed by atoms with E-state index in [4.69, 9.17) is 0 Å². The Balaban J connectivity index is 2.06. The third-order valence-electron chi connectivity index (χ3n) is 4.91. The van der Waals surface area contributed by atoms with Crippen LogP contribution in [0.25, 0.3) is 0 Å². The van der Waals surface area contributed by atoms with Crippen LogP contribution in [0.1, 0.15) is 46.6 Å². The summed E-state index contributed by atoms with van der Waals surface area (Å²) in [6.45, 7) is 14.0. The minimum absolute atomic E-state index is 0.328. The molecule has 0 saturated carbocycles. The van der Waals surface area contributed by atoms with Gasteiger partial charge in [0.2, 0.25) is 0 Å². The molecule has 1 N–H and O–H groups in total. The fourth-order valence-corrected chi connectivity index (χ4v) is 3.40. The van der Waals surface area contributed by atoms with Crippen molar-refractivity contribution in [1.82, 2.24) is 10.2 Å². The van der Waals surface area contributed by atoms with Gasteiger partial charge in [0.25, 0.3) is 0 Å². The number of hydrogen-bond acceptors (Lipinski definition) is 2. The van der Waals surface area contributed by atoms with Gasteiger partial charge in [-0.15, -0.1) is 0 Å². The van der Waals surface area contributed by atoms with Gasteiger partial charge in [-0.2, -0.15) is 0 Å². The molecule has 0 aliphatic carbocycles. The van der Waals surface area contributed by atoms with E-state index in [1.54, 1.807) is 0 Å². The third-order valence-corrected chi connectivity index (χ3v) is 4.91. The van der Waals surface area contributed by atoms with Crippen molar-refractivity contribution < 1.29 is 0 Å². The van der Waals surface area contributed by atoms with Gasteiger partial charge in [-0.25, -0.2) is 0 Å². The topological polar surface area (TPSA) is 15.3 Å². The minimum Gasteiger partial charge on any atom is -0.311 e. The molecule has 2 rings (SSSR count). The SMILES string of the molecule is CCC(C)N1CC(Cc2ccccc2)NCC1C(C)(C)C. The van der Waals surface area contributed by atoms with Gasteiger partial charge in [-0.1, -0.05) is 58.0 Å². The summed E-state index contributed by atoms with van der Waals surface area (Å²) in [5.41, 5.74) is 1.77. The molecule has 1 aromatic carbocycles. The molecule has 1 aliphatic rings. The maximum atomic E-state index is 3.79. The van der Waals surface area contributed by atoms with E-state index in [1.165, 1.54) is 12.0 Å². The predicted molar refractivity (Wildman–Crippen MR) is 91.6 cm³/mol. The summed E-state index contributed by atoms with van der Waals surface area (Å²) in [7, 11) is 0. The number of piperazine rings is 1. The molecule has 21 heavy (non-hydrogen) atoms. The van der Waals surface area contributed by atoms with Crippen LogP contribution in [0, 0.1) is 5.41 Å². The van der Waals surface area contributed by atoms with Crippen LogP contribution >= 0.6 is 0 Å². The second-order valence-corrected chi connectivity index (χ2v) is 7.63. The smallest absolute Gasteiger partial charge is 0.0272 e. The number of nitrogens with one attached hydrogen (secondary N) is 1. The van der Waals surface area contributed by atoms with Crippen LogP contribution in [0.5, 0.6) is 0 Å². The molecule has 1 aliphatic heterocycles. The molecule has 2 nitrogen and oxygen atoms in total. The zero-order valence-corrected chi connectivity index (χ0v) is 14.4. The van der Waals surface area contributed by atoms with E-state index < -0.39 is 0 Å². The van der Waals surface area contributed by atoms with Gasteiger partial charge in [0, 0.05) is 31.2 Å². The van der Waals surface area contributed by atoms with Crippen molar-refractivity contribution in [2.75, 3.05) is 13.1 Å². The zero-order chi connectivity index (χ0) is 15.5. The van der Waals surface area contributed by atoms with Crippen LogP contribution in [0.4, 0.5) is 0 Å². The van der Waals surface area contributed by atoms with Crippen LogP contribution in [-0.4, -0.2) is 36.1 Å². The van der Waals surface area contributed by atoms with Crippen molar-refractivity contribution in [1.29, 1.82) is 0 Å². The second kappa shape index (κ2) is 6.93. The van der Waals surface area contributed by atoms with Gasteiger partial charge in [-0.3, -0.25) is 4.90 Å². The van der Waals surface area contributed by atoms with Crippen LogP contribution in [0.15, 0.2) is 30.3 Å². The molecule has 3 unspecified atom stereocenters. The Bertz CT molecular complexity index is 421. The van der Waals surface area contributed by atoms with Crippen molar-refractivity contribution >= 4 is 0 Å². The molecular weight excluding hydrogens is 256 g/mol. The summed E-state index contributed by atoms with van der Waals surface area (Å²) in [6.07, 6.45) is 2.36. The fourth-order valence-electron chi connectivity index (χ4n) is 3.40. The minimum atomic E-state index is 0.328. The van der Waals surface area contributed by atoms with Gasteiger partial charge in [0.15, 0.2) is 0 Å². The highest BCUT2D eigenvalue weighted by Crippen LogP contribution is 2.29. The van der Waals surface area contributed by atoms with Gasteiger partial charge >= 0.3 is 0 Å². The van der Waals surface area contributed by atoms with E-state index in [0.29, 0.717) is 23.5 Å². The Labute approximate surface area is 130 Å². The third kappa shape index (κ3) is 4.31. The van der Waals surface area contributed by atoms with E-state index in [0.717, 1.165) is 19.5 Å². The molecule has 0 bridgehead atoms. The lowest BCUT2D eigenvalue weighted by molar-refractivity contribution is 0.0248. The monoisotopic (exact) mass is 288 g/mol. The highest BCUT2D eigenvalue weighted by atomic mass is 15.3. The normalized spacial score (nSPS) is 25.8. The number of rotatable bonds is 4. The van der Waals surface area contributed by atoms with E-state index >= 15 is 0 Å². The number of hydrogen-bond donors (Lipinski definition) is 1. The molecule has 1 fully saturated rings. The van der Waals surface area contributed by atoms with Crippen LogP contribution in [0.2, 0.25) is 0 Å². The van der Waals surface area contributed by atoms with Crippen molar-refractivity contribution in [2.45, 2.75) is 65.6 Å². The summed E-state index contributed by atoms with van der Waals surface area (Å²) >= 11 is 0. The molecule has 1 saturated heterocycles. The Kier molecular flexibility index (Phi) is 5.45. The maximum Gasteiger partial charge on any atom is 0.0272 e. The first-order valence-corrected chi connectivity index (χ1v) is 8.45. The molecule has 2 heteroatoms. The van der Waals surface area contributed by atoms with E-state index in [2.05, 4.69) is 75.2 Å². The Morgan fingerprint density at radius 2 is 1.90 bits per heavy atom. The van der Waals surface area contributed by atoms with Crippen LogP contribution in [-0.2, 0) is 6.42 Å². The van der Waals surface area contributed by atoms with Gasteiger partial charge in [0.05, 0.1) is 0 Å². The molecule has 0 spiro atoms. The van der Waals surface area contributed by atoms with Crippen molar-refractivity contribution in [3.63, 3.8) is 0 Å². The van der Waals surface area contributed by atoms with E-state index in [-0.39, 0.29) is 0 Å². The first-order valence-electron chi connectivity index (χ1n) is 8.45. The quantitative estimate of drug-likeness (QED) is 0.908. The average Bonchev–Trinajstić information content (AvgIpc) is 2.46. The maximum absolute atomic E-state index is 3.79. The zero-order valence-electron chi connectivity index (χ0n) is 14.4. The summed E-state index contributed by atoms with van der Waals surface area (Å²) in [4.78, 5) is 2.74. The van der Waals surface area contributed by atoms with Crippen molar-refractivity contribution in [3.8, 4) is 0 Å². The van der Waals surface area contributed by atoms with Crippen molar-refractivity contribution in [2.24, 2.45) is 5.41 Å². The standard InChI is InChI=1S/C19H32N2/c1-6-15(2)21-14-17(12-16-10-8-7-9-11-16)20-13-18(21)19(3,4)5/h7-11,15,17-18,20H,6,12-14H2,1-5H3. The fraction of sp³-hybridized carbons (Fsp3) is 0.684. The molecule has 118 valence electrons. The van der Waals surface area contributed by atoms with Gasteiger partial charge in [0.1, 0.15) is 0 Å². The van der Waals surface area contributed by atoms with E-state index in [9.17, 15) is 0 Å². The Morgan fingerprint density at radius 3 is 2.48 bits per heavy atom. The average molecular weight is 288 g/mol. The molecule has 3 atom stereocenters. The molecule has 1 aromatic rings. The molecule has 0 aromatic heterocycles. The largest absolute Gasteiger partial charge is 0.311 e. The molecular formula is C19H32N2. The lowest BCUT2D eigenvalue weighted by Crippen LogP contribution is -2.63. The molecule has 1 heterocycles. The van der Waals surface area contributed by atoms with Gasteiger partial charge in [-0.05, 0) is 30.7 Å². The Morgan fingerprint density at radius 1 is 1.24 bits per heavy atom. The van der Waals surface area contributed by atoms with Crippen LogP contribution in [0.3, 0.4) is 0 Å². The lowest BCUT2D eigenvalue weighted by atomic mass is 9.82. The molecule has 0 amide bonds. The summed E-state index contributed by atoms with van der Waals surface area (Å²) in [6, 6.07) is 12.7. The lowest BCUT2D eigenvalue weighted by Gasteiger charge is -2.49. The van der Waals surface area contributed by atoms with Crippen molar-refractivity contribution in [3.05, 3.63) is 35.9 Å².